The standard InChI is InChI=1S/C25H19Cl2N3O5/c1-15-3-6-19(26)12-22(15)29-25(31)18(13-28)9-17-10-21(27)24(23(11-17)34-2)35-14-16-4-7-20(8-5-16)30(32)33/h3-12H,14H2,1-2H3,(H,29,31)/b18-9+. The number of nitro benzene ring substituents is 1. The van der Waals surface area contributed by atoms with Gasteiger partial charge in [0.1, 0.15) is 18.2 Å². The second-order valence-electron chi connectivity index (χ2n) is 7.33. The fourth-order valence-electron chi connectivity index (χ4n) is 3.07. The lowest BCUT2D eigenvalue weighted by molar-refractivity contribution is -0.384. The van der Waals surface area contributed by atoms with Crippen molar-refractivity contribution in [3.63, 3.8) is 0 Å². The highest BCUT2D eigenvalue weighted by Crippen LogP contribution is 2.37. The Morgan fingerprint density at radius 2 is 1.89 bits per heavy atom. The molecule has 0 bridgehead atoms. The van der Waals surface area contributed by atoms with Crippen LogP contribution in [0.5, 0.6) is 11.5 Å². The second-order valence-corrected chi connectivity index (χ2v) is 8.17. The van der Waals surface area contributed by atoms with Crippen LogP contribution in [-0.4, -0.2) is 17.9 Å². The molecule has 0 aliphatic heterocycles. The van der Waals surface area contributed by atoms with Crippen molar-refractivity contribution < 1.29 is 19.2 Å². The molecule has 35 heavy (non-hydrogen) atoms. The van der Waals surface area contributed by atoms with Crippen molar-refractivity contribution in [2.24, 2.45) is 0 Å². The van der Waals surface area contributed by atoms with Gasteiger partial charge in [0.25, 0.3) is 11.6 Å². The zero-order valence-electron chi connectivity index (χ0n) is 18.7. The lowest BCUT2D eigenvalue weighted by Gasteiger charge is -2.14. The van der Waals surface area contributed by atoms with Crippen LogP contribution in [0.4, 0.5) is 11.4 Å². The fraction of sp³-hybridized carbons (Fsp3) is 0.120. The maximum Gasteiger partial charge on any atom is 0.269 e. The second kappa shape index (κ2) is 11.4. The van der Waals surface area contributed by atoms with Gasteiger partial charge in [0.2, 0.25) is 0 Å². The SMILES string of the molecule is COc1cc(/C=C(\C#N)C(=O)Nc2cc(Cl)ccc2C)cc(Cl)c1OCc1ccc([N+](=O)[O-])cc1. The van der Waals surface area contributed by atoms with Crippen LogP contribution in [0.15, 0.2) is 60.2 Å². The molecule has 1 amide bonds. The number of carbonyl (C=O) groups excluding carboxylic acids is 1. The van der Waals surface area contributed by atoms with Crippen LogP contribution >= 0.6 is 23.2 Å². The molecule has 0 spiro atoms. The van der Waals surface area contributed by atoms with Crippen molar-refractivity contribution in [1.29, 1.82) is 5.26 Å². The predicted molar refractivity (Wildman–Crippen MR) is 134 cm³/mol. The van der Waals surface area contributed by atoms with Crippen LogP contribution in [0.25, 0.3) is 6.08 Å². The normalized spacial score (nSPS) is 10.9. The lowest BCUT2D eigenvalue weighted by atomic mass is 10.1. The number of rotatable bonds is 8. The first-order valence-electron chi connectivity index (χ1n) is 10.1. The van der Waals surface area contributed by atoms with Crippen molar-refractivity contribution in [2.75, 3.05) is 12.4 Å². The molecule has 0 aromatic heterocycles. The van der Waals surface area contributed by atoms with E-state index in [-0.39, 0.29) is 34.4 Å². The van der Waals surface area contributed by atoms with E-state index in [9.17, 15) is 20.2 Å². The molecule has 10 heteroatoms. The highest BCUT2D eigenvalue weighted by molar-refractivity contribution is 6.32. The summed E-state index contributed by atoms with van der Waals surface area (Å²) >= 11 is 12.4. The Balaban J connectivity index is 1.81. The first-order valence-corrected chi connectivity index (χ1v) is 10.9. The summed E-state index contributed by atoms with van der Waals surface area (Å²) in [6, 6.07) is 16.0. The zero-order valence-corrected chi connectivity index (χ0v) is 20.2. The van der Waals surface area contributed by atoms with E-state index in [2.05, 4.69) is 5.32 Å². The summed E-state index contributed by atoms with van der Waals surface area (Å²) in [7, 11) is 1.43. The Hall–Kier alpha value is -4.06. The van der Waals surface area contributed by atoms with Gasteiger partial charge in [-0.15, -0.1) is 0 Å². The predicted octanol–water partition coefficient (Wildman–Crippen LogP) is 6.34. The third-order valence-corrected chi connectivity index (χ3v) is 5.42. The number of nitriles is 1. The highest BCUT2D eigenvalue weighted by Gasteiger charge is 2.15. The molecule has 0 fully saturated rings. The van der Waals surface area contributed by atoms with Gasteiger partial charge >= 0.3 is 0 Å². The van der Waals surface area contributed by atoms with E-state index >= 15 is 0 Å². The average molecular weight is 512 g/mol. The number of hydrogen-bond donors (Lipinski definition) is 1. The van der Waals surface area contributed by atoms with Gasteiger partial charge in [-0.05, 0) is 66.1 Å². The summed E-state index contributed by atoms with van der Waals surface area (Å²) in [5.41, 5.74) is 2.25. The van der Waals surface area contributed by atoms with Crippen molar-refractivity contribution in [3.05, 3.63) is 97.0 Å². The number of carbonyl (C=O) groups is 1. The first-order chi connectivity index (χ1) is 16.7. The molecule has 0 radical (unpaired) electrons. The molecule has 0 unspecified atom stereocenters. The van der Waals surface area contributed by atoms with Crippen molar-refractivity contribution in [2.45, 2.75) is 13.5 Å². The number of amides is 1. The lowest BCUT2D eigenvalue weighted by Crippen LogP contribution is -2.14. The number of halogens is 2. The number of hydrogen-bond acceptors (Lipinski definition) is 6. The van der Waals surface area contributed by atoms with Crippen LogP contribution in [-0.2, 0) is 11.4 Å². The number of non-ortho nitro benzene ring substituents is 1. The molecule has 0 saturated carbocycles. The number of methoxy groups -OCH3 is 1. The number of aryl methyl sites for hydroxylation is 1. The van der Waals surface area contributed by atoms with Crippen molar-refractivity contribution >= 4 is 46.6 Å². The topological polar surface area (TPSA) is 114 Å². The first kappa shape index (κ1) is 25.6. The average Bonchev–Trinajstić information content (AvgIpc) is 2.83. The Morgan fingerprint density at radius 1 is 1.17 bits per heavy atom. The summed E-state index contributed by atoms with van der Waals surface area (Å²) < 4.78 is 11.2. The molecule has 3 rings (SSSR count). The highest BCUT2D eigenvalue weighted by atomic mass is 35.5. The van der Waals surface area contributed by atoms with E-state index in [1.165, 1.54) is 31.4 Å². The van der Waals surface area contributed by atoms with Gasteiger partial charge < -0.3 is 14.8 Å². The molecule has 0 aliphatic carbocycles. The monoisotopic (exact) mass is 511 g/mol. The van der Waals surface area contributed by atoms with Crippen molar-refractivity contribution in [1.82, 2.24) is 0 Å². The Labute approximate surface area is 211 Å². The molecule has 0 aliphatic rings. The van der Waals surface area contributed by atoms with E-state index in [1.807, 2.05) is 13.0 Å². The molecule has 0 heterocycles. The van der Waals surface area contributed by atoms with Crippen LogP contribution in [0.2, 0.25) is 10.0 Å². The number of nitrogens with zero attached hydrogens (tertiary/aromatic N) is 2. The molecular weight excluding hydrogens is 493 g/mol. The van der Waals surface area contributed by atoms with Gasteiger partial charge in [-0.2, -0.15) is 5.26 Å². The molecule has 0 atom stereocenters. The molecule has 1 N–H and O–H groups in total. The molecule has 8 nitrogen and oxygen atoms in total. The van der Waals surface area contributed by atoms with E-state index in [4.69, 9.17) is 32.7 Å². The summed E-state index contributed by atoms with van der Waals surface area (Å²) in [5, 5.41) is 23.7. The van der Waals surface area contributed by atoms with E-state index in [0.717, 1.165) is 5.56 Å². The van der Waals surface area contributed by atoms with Gasteiger partial charge in [-0.25, -0.2) is 0 Å². The molecular formula is C25H19Cl2N3O5. The third kappa shape index (κ3) is 6.51. The van der Waals surface area contributed by atoms with Crippen LogP contribution in [0.1, 0.15) is 16.7 Å². The molecule has 0 saturated heterocycles. The van der Waals surface area contributed by atoms with Crippen molar-refractivity contribution in [3.8, 4) is 17.6 Å². The minimum absolute atomic E-state index is 0.0247. The summed E-state index contributed by atoms with van der Waals surface area (Å²) in [6.07, 6.45) is 1.38. The Kier molecular flexibility index (Phi) is 8.31. The number of nitro groups is 1. The minimum atomic E-state index is -0.605. The largest absolute Gasteiger partial charge is 0.493 e. The maximum absolute atomic E-state index is 12.7. The zero-order chi connectivity index (χ0) is 25.5. The summed E-state index contributed by atoms with van der Waals surface area (Å²) in [6.45, 7) is 1.90. The van der Waals surface area contributed by atoms with Crippen LogP contribution in [0.3, 0.4) is 0 Å². The number of benzene rings is 3. The number of anilines is 1. The van der Waals surface area contributed by atoms with Gasteiger partial charge in [-0.1, -0.05) is 29.3 Å². The Bertz CT molecular complexity index is 1350. The van der Waals surface area contributed by atoms with Gasteiger partial charge in [0, 0.05) is 22.8 Å². The van der Waals surface area contributed by atoms with Gasteiger partial charge in [-0.3, -0.25) is 14.9 Å². The maximum atomic E-state index is 12.7. The quantitative estimate of drug-likeness (QED) is 0.163. The van der Waals surface area contributed by atoms with Gasteiger partial charge in [0.15, 0.2) is 11.5 Å². The van der Waals surface area contributed by atoms with E-state index < -0.39 is 10.8 Å². The third-order valence-electron chi connectivity index (χ3n) is 4.91. The smallest absolute Gasteiger partial charge is 0.269 e. The summed E-state index contributed by atoms with van der Waals surface area (Å²) in [5.74, 6) is -0.0670. The summed E-state index contributed by atoms with van der Waals surface area (Å²) in [4.78, 5) is 23.0. The minimum Gasteiger partial charge on any atom is -0.493 e. The fourth-order valence-corrected chi connectivity index (χ4v) is 3.51. The van der Waals surface area contributed by atoms with Crippen LogP contribution < -0.4 is 14.8 Å². The van der Waals surface area contributed by atoms with E-state index in [1.54, 1.807) is 36.4 Å². The molecule has 3 aromatic carbocycles. The molecule has 178 valence electrons. The molecule has 3 aromatic rings. The van der Waals surface area contributed by atoms with E-state index in [0.29, 0.717) is 21.8 Å². The van der Waals surface area contributed by atoms with Crippen LogP contribution in [0, 0.1) is 28.4 Å². The van der Waals surface area contributed by atoms with Gasteiger partial charge in [0.05, 0.1) is 17.1 Å². The number of ether oxygens (including phenoxy) is 2. The Morgan fingerprint density at radius 3 is 2.51 bits per heavy atom. The number of nitrogens with one attached hydrogen (secondary N) is 1.